The van der Waals surface area contributed by atoms with Gasteiger partial charge in [-0.25, -0.2) is 0 Å². The molecule has 0 aliphatic carbocycles. The third-order valence-electron chi connectivity index (χ3n) is 5.39. The number of methoxy groups -OCH3 is 2. The van der Waals surface area contributed by atoms with Crippen LogP contribution in [0, 0.1) is 0 Å². The Morgan fingerprint density at radius 2 is 1.61 bits per heavy atom. The second-order valence-corrected chi connectivity index (χ2v) is 7.41. The summed E-state index contributed by atoms with van der Waals surface area (Å²) in [7, 11) is 5.11. The van der Waals surface area contributed by atoms with Gasteiger partial charge < -0.3 is 24.4 Å². The molecule has 0 radical (unpaired) electrons. The maximum atomic E-state index is 5.69. The van der Waals surface area contributed by atoms with Crippen molar-refractivity contribution in [3.63, 3.8) is 0 Å². The molecule has 0 amide bonds. The van der Waals surface area contributed by atoms with Crippen LogP contribution in [0.4, 0.5) is 0 Å². The van der Waals surface area contributed by atoms with Crippen molar-refractivity contribution in [2.45, 2.75) is 20.0 Å². The summed E-state index contributed by atoms with van der Waals surface area (Å²) in [6.45, 7) is 8.03. The lowest BCUT2D eigenvalue weighted by Crippen LogP contribution is -2.52. The highest BCUT2D eigenvalue weighted by molar-refractivity contribution is 5.80. The van der Waals surface area contributed by atoms with Gasteiger partial charge in [-0.2, -0.15) is 0 Å². The Kier molecular flexibility index (Phi) is 8.41. The third kappa shape index (κ3) is 6.04. The van der Waals surface area contributed by atoms with E-state index in [1.807, 2.05) is 26.1 Å². The molecule has 1 N–H and O–H groups in total. The fourth-order valence-electron chi connectivity index (χ4n) is 3.80. The largest absolute Gasteiger partial charge is 0.493 e. The standard InChI is InChI=1S/C24H34N4O3/c1-5-31-23-21(29-3)15-20(16-22(23)30-4)17-26-24(25-2)28-13-11-27(12-14-28)18-19-9-7-6-8-10-19/h6-10,15-16H,5,11-14,17-18H2,1-4H3,(H,25,26). The molecule has 1 heterocycles. The van der Waals surface area contributed by atoms with Crippen LogP contribution in [0.2, 0.25) is 0 Å². The Hall–Kier alpha value is -2.93. The van der Waals surface area contributed by atoms with Crippen LogP contribution < -0.4 is 19.5 Å². The molecule has 168 valence electrons. The Morgan fingerprint density at radius 1 is 0.968 bits per heavy atom. The highest BCUT2D eigenvalue weighted by Gasteiger charge is 2.20. The van der Waals surface area contributed by atoms with E-state index in [1.165, 1.54) is 5.56 Å². The van der Waals surface area contributed by atoms with Crippen molar-refractivity contribution in [2.75, 3.05) is 54.1 Å². The first-order chi connectivity index (χ1) is 15.2. The average molecular weight is 427 g/mol. The smallest absolute Gasteiger partial charge is 0.203 e. The molecule has 3 rings (SSSR count). The second-order valence-electron chi connectivity index (χ2n) is 7.41. The van der Waals surface area contributed by atoms with Crippen molar-refractivity contribution >= 4 is 5.96 Å². The van der Waals surface area contributed by atoms with Crippen LogP contribution in [0.1, 0.15) is 18.1 Å². The Bertz CT molecular complexity index is 824. The Balaban J connectivity index is 1.57. The van der Waals surface area contributed by atoms with Gasteiger partial charge in [0.25, 0.3) is 0 Å². The molecule has 31 heavy (non-hydrogen) atoms. The number of piperazine rings is 1. The molecule has 1 fully saturated rings. The lowest BCUT2D eigenvalue weighted by Gasteiger charge is -2.36. The molecule has 1 aliphatic heterocycles. The molecule has 7 heteroatoms. The number of nitrogens with one attached hydrogen (secondary N) is 1. The number of hydrogen-bond acceptors (Lipinski definition) is 5. The number of ether oxygens (including phenoxy) is 3. The predicted molar refractivity (Wildman–Crippen MR) is 124 cm³/mol. The predicted octanol–water partition coefficient (Wildman–Crippen LogP) is 3.00. The Labute approximate surface area is 185 Å². The normalized spacial score (nSPS) is 15.0. The summed E-state index contributed by atoms with van der Waals surface area (Å²) in [6.07, 6.45) is 0. The van der Waals surface area contributed by atoms with Crippen LogP contribution in [-0.2, 0) is 13.1 Å². The van der Waals surface area contributed by atoms with E-state index in [-0.39, 0.29) is 0 Å². The first-order valence-electron chi connectivity index (χ1n) is 10.8. The van der Waals surface area contributed by atoms with Gasteiger partial charge in [-0.3, -0.25) is 9.89 Å². The molecule has 2 aromatic rings. The van der Waals surface area contributed by atoms with Gasteiger partial charge in [0, 0.05) is 46.3 Å². The quantitative estimate of drug-likeness (QED) is 0.517. The fraction of sp³-hybridized carbons (Fsp3) is 0.458. The van der Waals surface area contributed by atoms with Gasteiger partial charge in [-0.05, 0) is 30.2 Å². The highest BCUT2D eigenvalue weighted by atomic mass is 16.5. The Morgan fingerprint density at radius 3 is 2.16 bits per heavy atom. The number of aliphatic imine (C=N–C) groups is 1. The number of hydrogen-bond donors (Lipinski definition) is 1. The number of rotatable bonds is 8. The molecule has 0 saturated carbocycles. The second kappa shape index (κ2) is 11.5. The van der Waals surface area contributed by atoms with Gasteiger partial charge in [0.15, 0.2) is 17.5 Å². The minimum absolute atomic E-state index is 0.549. The summed E-state index contributed by atoms with van der Waals surface area (Å²) in [5.41, 5.74) is 2.40. The molecule has 0 aromatic heterocycles. The summed E-state index contributed by atoms with van der Waals surface area (Å²) in [5, 5.41) is 3.48. The highest BCUT2D eigenvalue weighted by Crippen LogP contribution is 2.38. The maximum absolute atomic E-state index is 5.69. The topological polar surface area (TPSA) is 58.6 Å². The summed E-state index contributed by atoms with van der Waals surface area (Å²) >= 11 is 0. The van der Waals surface area contributed by atoms with Crippen LogP contribution in [-0.4, -0.2) is 69.8 Å². The van der Waals surface area contributed by atoms with Crippen molar-refractivity contribution in [3.8, 4) is 17.2 Å². The summed E-state index contributed by atoms with van der Waals surface area (Å²) < 4.78 is 16.7. The van der Waals surface area contributed by atoms with Crippen LogP contribution in [0.25, 0.3) is 0 Å². The molecule has 7 nitrogen and oxygen atoms in total. The molecule has 0 atom stereocenters. The first kappa shape index (κ1) is 22.7. The van der Waals surface area contributed by atoms with Gasteiger partial charge in [0.05, 0.1) is 20.8 Å². The lowest BCUT2D eigenvalue weighted by atomic mass is 10.1. The summed E-state index contributed by atoms with van der Waals surface area (Å²) in [6, 6.07) is 14.6. The van der Waals surface area contributed by atoms with E-state index < -0.39 is 0 Å². The van der Waals surface area contributed by atoms with Gasteiger partial charge in [-0.1, -0.05) is 30.3 Å². The minimum atomic E-state index is 0.549. The maximum Gasteiger partial charge on any atom is 0.203 e. The lowest BCUT2D eigenvalue weighted by molar-refractivity contribution is 0.172. The number of guanidine groups is 1. The zero-order chi connectivity index (χ0) is 22.1. The van der Waals surface area contributed by atoms with Gasteiger partial charge in [0.1, 0.15) is 0 Å². The van der Waals surface area contributed by atoms with Gasteiger partial charge in [0.2, 0.25) is 5.75 Å². The molecule has 1 saturated heterocycles. The van der Waals surface area contributed by atoms with E-state index in [9.17, 15) is 0 Å². The van der Waals surface area contributed by atoms with E-state index in [4.69, 9.17) is 14.2 Å². The van der Waals surface area contributed by atoms with Crippen LogP contribution >= 0.6 is 0 Å². The molecule has 1 aliphatic rings. The molecule has 0 unspecified atom stereocenters. The average Bonchev–Trinajstić information content (AvgIpc) is 2.81. The van der Waals surface area contributed by atoms with E-state index >= 15 is 0 Å². The van der Waals surface area contributed by atoms with E-state index in [0.717, 1.165) is 44.2 Å². The molecular weight excluding hydrogens is 392 g/mol. The zero-order valence-electron chi connectivity index (χ0n) is 19.1. The van der Waals surface area contributed by atoms with Crippen molar-refractivity contribution in [1.82, 2.24) is 15.1 Å². The van der Waals surface area contributed by atoms with Gasteiger partial charge in [-0.15, -0.1) is 0 Å². The third-order valence-corrected chi connectivity index (χ3v) is 5.39. The van der Waals surface area contributed by atoms with Crippen LogP contribution in [0.3, 0.4) is 0 Å². The fourth-order valence-corrected chi connectivity index (χ4v) is 3.80. The zero-order valence-corrected chi connectivity index (χ0v) is 19.1. The SMILES string of the molecule is CCOc1c(OC)cc(CNC(=NC)N2CCN(Cc3ccccc3)CC2)cc1OC. The number of nitrogens with zero attached hydrogens (tertiary/aromatic N) is 3. The van der Waals surface area contributed by atoms with E-state index in [1.54, 1.807) is 14.2 Å². The minimum Gasteiger partial charge on any atom is -0.493 e. The van der Waals surface area contributed by atoms with E-state index in [0.29, 0.717) is 30.4 Å². The molecule has 0 bridgehead atoms. The van der Waals surface area contributed by atoms with Crippen molar-refractivity contribution in [2.24, 2.45) is 4.99 Å². The van der Waals surface area contributed by atoms with Crippen molar-refractivity contribution in [1.29, 1.82) is 0 Å². The van der Waals surface area contributed by atoms with Crippen molar-refractivity contribution in [3.05, 3.63) is 53.6 Å². The van der Waals surface area contributed by atoms with Crippen LogP contribution in [0.5, 0.6) is 17.2 Å². The molecule has 0 spiro atoms. The summed E-state index contributed by atoms with van der Waals surface area (Å²) in [4.78, 5) is 9.29. The monoisotopic (exact) mass is 426 g/mol. The van der Waals surface area contributed by atoms with E-state index in [2.05, 4.69) is 50.4 Å². The molecular formula is C24H34N4O3. The van der Waals surface area contributed by atoms with Crippen LogP contribution in [0.15, 0.2) is 47.5 Å². The van der Waals surface area contributed by atoms with Gasteiger partial charge >= 0.3 is 0 Å². The van der Waals surface area contributed by atoms with Crippen molar-refractivity contribution < 1.29 is 14.2 Å². The first-order valence-corrected chi connectivity index (χ1v) is 10.8. The number of benzene rings is 2. The summed E-state index contributed by atoms with van der Waals surface area (Å²) in [5.74, 6) is 2.88. The molecule has 2 aromatic carbocycles.